The predicted molar refractivity (Wildman–Crippen MR) is 78.0 cm³/mol. The van der Waals surface area contributed by atoms with Crippen molar-refractivity contribution in [3.63, 3.8) is 0 Å². The SMILES string of the molecule is CCOCCOC(=O)CCc1cc(C)c(O)c(CC)c1. The molecule has 0 unspecified atom stereocenters. The minimum atomic E-state index is -0.214. The second-order valence-electron chi connectivity index (χ2n) is 4.69. The van der Waals surface area contributed by atoms with Gasteiger partial charge < -0.3 is 14.6 Å². The zero-order chi connectivity index (χ0) is 15.0. The summed E-state index contributed by atoms with van der Waals surface area (Å²) in [6.45, 7) is 7.16. The summed E-state index contributed by atoms with van der Waals surface area (Å²) in [5.41, 5.74) is 2.83. The van der Waals surface area contributed by atoms with Gasteiger partial charge in [0.2, 0.25) is 0 Å². The number of aromatic hydroxyl groups is 1. The molecule has 0 aliphatic carbocycles. The Morgan fingerprint density at radius 3 is 2.65 bits per heavy atom. The van der Waals surface area contributed by atoms with Gasteiger partial charge >= 0.3 is 5.97 Å². The maximum Gasteiger partial charge on any atom is 0.306 e. The molecule has 1 aromatic rings. The molecule has 1 N–H and O–H groups in total. The molecule has 0 radical (unpaired) electrons. The zero-order valence-electron chi connectivity index (χ0n) is 12.6. The number of phenols is 1. The van der Waals surface area contributed by atoms with Crippen LogP contribution in [0.25, 0.3) is 0 Å². The fourth-order valence-electron chi connectivity index (χ4n) is 2.02. The summed E-state index contributed by atoms with van der Waals surface area (Å²) in [5.74, 6) is 0.143. The monoisotopic (exact) mass is 280 g/mol. The van der Waals surface area contributed by atoms with Gasteiger partial charge in [-0.05, 0) is 43.4 Å². The molecule has 0 bridgehead atoms. The van der Waals surface area contributed by atoms with Gasteiger partial charge in [-0.1, -0.05) is 19.1 Å². The molecule has 0 aliphatic heterocycles. The summed E-state index contributed by atoms with van der Waals surface area (Å²) in [7, 11) is 0. The van der Waals surface area contributed by atoms with E-state index in [0.717, 1.165) is 23.1 Å². The van der Waals surface area contributed by atoms with Crippen LogP contribution in [0.5, 0.6) is 5.75 Å². The Labute approximate surface area is 120 Å². The van der Waals surface area contributed by atoms with Crippen LogP contribution in [0, 0.1) is 6.92 Å². The summed E-state index contributed by atoms with van der Waals surface area (Å²) < 4.78 is 10.2. The van der Waals surface area contributed by atoms with E-state index in [9.17, 15) is 9.90 Å². The highest BCUT2D eigenvalue weighted by Crippen LogP contribution is 2.25. The molecule has 0 saturated carbocycles. The molecule has 4 heteroatoms. The molecule has 112 valence electrons. The number of aryl methyl sites for hydroxylation is 3. The molecule has 0 atom stereocenters. The molecule has 1 rings (SSSR count). The van der Waals surface area contributed by atoms with E-state index in [4.69, 9.17) is 9.47 Å². The second-order valence-corrected chi connectivity index (χ2v) is 4.69. The van der Waals surface area contributed by atoms with Crippen LogP contribution in [-0.4, -0.2) is 30.9 Å². The lowest BCUT2D eigenvalue weighted by Gasteiger charge is -2.09. The van der Waals surface area contributed by atoms with Crippen LogP contribution in [0.4, 0.5) is 0 Å². The Morgan fingerprint density at radius 2 is 2.00 bits per heavy atom. The van der Waals surface area contributed by atoms with Crippen molar-refractivity contribution in [3.05, 3.63) is 28.8 Å². The summed E-state index contributed by atoms with van der Waals surface area (Å²) in [6.07, 6.45) is 1.75. The quantitative estimate of drug-likeness (QED) is 0.587. The van der Waals surface area contributed by atoms with Gasteiger partial charge in [-0.3, -0.25) is 4.79 Å². The lowest BCUT2D eigenvalue weighted by molar-refractivity contribution is -0.145. The first-order chi connectivity index (χ1) is 9.58. The van der Waals surface area contributed by atoms with Gasteiger partial charge in [-0.2, -0.15) is 0 Å². The van der Waals surface area contributed by atoms with Crippen LogP contribution in [0.15, 0.2) is 12.1 Å². The van der Waals surface area contributed by atoms with E-state index in [0.29, 0.717) is 38.4 Å². The Bertz CT molecular complexity index is 440. The Hall–Kier alpha value is -1.55. The van der Waals surface area contributed by atoms with Crippen LogP contribution in [0.1, 0.15) is 37.0 Å². The molecular weight excluding hydrogens is 256 g/mol. The maximum absolute atomic E-state index is 11.6. The number of esters is 1. The van der Waals surface area contributed by atoms with Crippen molar-refractivity contribution >= 4 is 5.97 Å². The standard InChI is InChI=1S/C16H24O4/c1-4-14-11-13(10-12(3)16(14)18)6-7-15(17)20-9-8-19-5-2/h10-11,18H,4-9H2,1-3H3. The average molecular weight is 280 g/mol. The Morgan fingerprint density at radius 1 is 1.25 bits per heavy atom. The largest absolute Gasteiger partial charge is 0.507 e. The first-order valence-corrected chi connectivity index (χ1v) is 7.13. The number of carbonyl (C=O) groups is 1. The van der Waals surface area contributed by atoms with Crippen molar-refractivity contribution in [1.82, 2.24) is 0 Å². The molecule has 0 saturated heterocycles. The lowest BCUT2D eigenvalue weighted by atomic mass is 10.0. The molecule has 1 aromatic carbocycles. The second kappa shape index (κ2) is 8.59. The summed E-state index contributed by atoms with van der Waals surface area (Å²) in [5, 5.41) is 9.86. The third-order valence-corrected chi connectivity index (χ3v) is 3.13. The van der Waals surface area contributed by atoms with Gasteiger partial charge in [-0.15, -0.1) is 0 Å². The molecule has 0 fully saturated rings. The molecular formula is C16H24O4. The molecule has 4 nitrogen and oxygen atoms in total. The van der Waals surface area contributed by atoms with Gasteiger partial charge in [0.05, 0.1) is 6.61 Å². The van der Waals surface area contributed by atoms with Gasteiger partial charge in [-0.25, -0.2) is 0 Å². The van der Waals surface area contributed by atoms with E-state index in [2.05, 4.69) is 0 Å². The third-order valence-electron chi connectivity index (χ3n) is 3.13. The minimum Gasteiger partial charge on any atom is -0.507 e. The highest BCUT2D eigenvalue weighted by atomic mass is 16.6. The predicted octanol–water partition coefficient (Wildman–Crippen LogP) is 2.78. The highest BCUT2D eigenvalue weighted by Gasteiger charge is 2.08. The Balaban J connectivity index is 2.45. The van der Waals surface area contributed by atoms with Crippen molar-refractivity contribution in [2.45, 2.75) is 40.0 Å². The van der Waals surface area contributed by atoms with Crippen molar-refractivity contribution in [3.8, 4) is 5.75 Å². The first kappa shape index (κ1) is 16.5. The van der Waals surface area contributed by atoms with E-state index in [1.54, 1.807) is 0 Å². The summed E-state index contributed by atoms with van der Waals surface area (Å²) in [6, 6.07) is 3.87. The third kappa shape index (κ3) is 5.21. The highest BCUT2D eigenvalue weighted by molar-refractivity contribution is 5.69. The molecule has 0 aromatic heterocycles. The minimum absolute atomic E-state index is 0.214. The maximum atomic E-state index is 11.6. The number of rotatable bonds is 8. The fourth-order valence-corrected chi connectivity index (χ4v) is 2.02. The smallest absolute Gasteiger partial charge is 0.306 e. The zero-order valence-corrected chi connectivity index (χ0v) is 12.6. The number of ether oxygens (including phenoxy) is 2. The van der Waals surface area contributed by atoms with Crippen LogP contribution >= 0.6 is 0 Å². The van der Waals surface area contributed by atoms with Crippen molar-refractivity contribution in [2.24, 2.45) is 0 Å². The first-order valence-electron chi connectivity index (χ1n) is 7.13. The number of carbonyl (C=O) groups excluding carboxylic acids is 1. The van der Waals surface area contributed by atoms with Crippen molar-refractivity contribution in [1.29, 1.82) is 0 Å². The van der Waals surface area contributed by atoms with Gasteiger partial charge in [0.1, 0.15) is 12.4 Å². The van der Waals surface area contributed by atoms with Crippen LogP contribution in [0.3, 0.4) is 0 Å². The van der Waals surface area contributed by atoms with Gasteiger partial charge in [0, 0.05) is 13.0 Å². The summed E-state index contributed by atoms with van der Waals surface area (Å²) in [4.78, 5) is 11.6. The normalized spacial score (nSPS) is 10.6. The number of hydrogen-bond acceptors (Lipinski definition) is 4. The number of benzene rings is 1. The lowest BCUT2D eigenvalue weighted by Crippen LogP contribution is -2.11. The van der Waals surface area contributed by atoms with E-state index >= 15 is 0 Å². The van der Waals surface area contributed by atoms with Crippen molar-refractivity contribution in [2.75, 3.05) is 19.8 Å². The summed E-state index contributed by atoms with van der Waals surface area (Å²) >= 11 is 0. The van der Waals surface area contributed by atoms with Crippen LogP contribution in [-0.2, 0) is 27.1 Å². The molecule has 20 heavy (non-hydrogen) atoms. The van der Waals surface area contributed by atoms with Crippen LogP contribution in [0.2, 0.25) is 0 Å². The van der Waals surface area contributed by atoms with E-state index < -0.39 is 0 Å². The molecule has 0 spiro atoms. The van der Waals surface area contributed by atoms with Gasteiger partial charge in [0.15, 0.2) is 0 Å². The average Bonchev–Trinajstić information content (AvgIpc) is 2.44. The van der Waals surface area contributed by atoms with Gasteiger partial charge in [0.25, 0.3) is 0 Å². The van der Waals surface area contributed by atoms with Crippen LogP contribution < -0.4 is 0 Å². The number of phenolic OH excluding ortho intramolecular Hbond substituents is 1. The van der Waals surface area contributed by atoms with E-state index in [1.165, 1.54) is 0 Å². The van der Waals surface area contributed by atoms with E-state index in [1.807, 2.05) is 32.9 Å². The fraction of sp³-hybridized carbons (Fsp3) is 0.562. The molecule has 0 heterocycles. The Kier molecular flexibility index (Phi) is 7.09. The molecule has 0 aliphatic rings. The number of hydrogen-bond donors (Lipinski definition) is 1. The topological polar surface area (TPSA) is 55.8 Å². The van der Waals surface area contributed by atoms with E-state index in [-0.39, 0.29) is 5.97 Å². The van der Waals surface area contributed by atoms with Crippen molar-refractivity contribution < 1.29 is 19.4 Å². The molecule has 0 amide bonds.